The summed E-state index contributed by atoms with van der Waals surface area (Å²) in [6, 6.07) is 6.74. The SMILES string of the molecule is O=C(O)C1c2ccccc2CC1P(=O)(O)O. The van der Waals surface area contributed by atoms with Crippen LogP contribution in [-0.2, 0) is 15.8 Å². The third-order valence-corrected chi connectivity index (χ3v) is 4.25. The van der Waals surface area contributed by atoms with E-state index in [4.69, 9.17) is 14.9 Å². The summed E-state index contributed by atoms with van der Waals surface area (Å²) in [6.07, 6.45) is 0.122. The van der Waals surface area contributed by atoms with Gasteiger partial charge in [0.25, 0.3) is 0 Å². The third-order valence-electron chi connectivity index (χ3n) is 2.90. The summed E-state index contributed by atoms with van der Waals surface area (Å²) >= 11 is 0. The highest BCUT2D eigenvalue weighted by atomic mass is 31.2. The lowest BCUT2D eigenvalue weighted by Crippen LogP contribution is -2.22. The first-order chi connectivity index (χ1) is 7.41. The van der Waals surface area contributed by atoms with Crippen molar-refractivity contribution in [2.45, 2.75) is 18.0 Å². The van der Waals surface area contributed by atoms with Gasteiger partial charge in [0.15, 0.2) is 0 Å². The lowest BCUT2D eigenvalue weighted by Gasteiger charge is -2.17. The van der Waals surface area contributed by atoms with Gasteiger partial charge in [0.2, 0.25) is 0 Å². The second kappa shape index (κ2) is 3.70. The van der Waals surface area contributed by atoms with Gasteiger partial charge in [-0.3, -0.25) is 9.36 Å². The third kappa shape index (κ3) is 1.78. The average Bonchev–Trinajstić information content (AvgIpc) is 2.55. The highest BCUT2D eigenvalue weighted by Gasteiger charge is 2.46. The normalized spacial score (nSPS) is 24.1. The van der Waals surface area contributed by atoms with E-state index < -0.39 is 25.1 Å². The average molecular weight is 242 g/mol. The Hall–Kier alpha value is -1.16. The van der Waals surface area contributed by atoms with E-state index in [0.717, 1.165) is 0 Å². The molecule has 1 aromatic rings. The molecule has 0 saturated heterocycles. The quantitative estimate of drug-likeness (QED) is 0.671. The van der Waals surface area contributed by atoms with Gasteiger partial charge in [0.1, 0.15) is 0 Å². The maximum absolute atomic E-state index is 11.2. The minimum atomic E-state index is -4.39. The van der Waals surface area contributed by atoms with Crippen LogP contribution in [-0.4, -0.2) is 26.5 Å². The van der Waals surface area contributed by atoms with Gasteiger partial charge >= 0.3 is 13.6 Å². The molecule has 2 rings (SSSR count). The van der Waals surface area contributed by atoms with E-state index >= 15 is 0 Å². The molecule has 1 aliphatic rings. The summed E-state index contributed by atoms with van der Waals surface area (Å²) in [5.41, 5.74) is 0.0916. The van der Waals surface area contributed by atoms with Crippen LogP contribution in [0.15, 0.2) is 24.3 Å². The molecule has 0 saturated carbocycles. The molecular formula is C10H11O5P. The molecule has 0 fully saturated rings. The van der Waals surface area contributed by atoms with Gasteiger partial charge in [-0.1, -0.05) is 24.3 Å². The number of carbonyl (C=O) groups is 1. The lowest BCUT2D eigenvalue weighted by molar-refractivity contribution is -0.138. The molecule has 1 aromatic carbocycles. The molecule has 0 aliphatic heterocycles. The fourth-order valence-corrected chi connectivity index (χ4v) is 3.30. The van der Waals surface area contributed by atoms with Gasteiger partial charge in [0, 0.05) is 0 Å². The number of benzene rings is 1. The Bertz CT molecular complexity index is 478. The first-order valence-corrected chi connectivity index (χ1v) is 6.45. The molecule has 0 aromatic heterocycles. The number of hydrogen-bond acceptors (Lipinski definition) is 2. The van der Waals surface area contributed by atoms with Crippen LogP contribution in [0.1, 0.15) is 17.0 Å². The number of fused-ring (bicyclic) bond motifs is 1. The van der Waals surface area contributed by atoms with Gasteiger partial charge in [-0.05, 0) is 17.5 Å². The van der Waals surface area contributed by atoms with E-state index in [0.29, 0.717) is 11.1 Å². The van der Waals surface area contributed by atoms with Crippen LogP contribution in [0.25, 0.3) is 0 Å². The number of aliphatic carboxylic acids is 1. The Labute approximate surface area is 91.9 Å². The fraction of sp³-hybridized carbons (Fsp3) is 0.300. The van der Waals surface area contributed by atoms with Gasteiger partial charge in [-0.15, -0.1) is 0 Å². The monoisotopic (exact) mass is 242 g/mol. The van der Waals surface area contributed by atoms with Crippen LogP contribution in [0.3, 0.4) is 0 Å². The summed E-state index contributed by atoms with van der Waals surface area (Å²) in [5.74, 6) is -2.28. The second-order valence-corrected chi connectivity index (χ2v) is 5.72. The molecule has 1 aliphatic carbocycles. The first-order valence-electron chi connectivity index (χ1n) is 4.77. The minimum Gasteiger partial charge on any atom is -0.481 e. The molecule has 3 N–H and O–H groups in total. The Morgan fingerprint density at radius 2 is 1.94 bits per heavy atom. The summed E-state index contributed by atoms with van der Waals surface area (Å²) in [7, 11) is -4.39. The summed E-state index contributed by atoms with van der Waals surface area (Å²) in [5, 5.41) is 9.05. The van der Waals surface area contributed by atoms with Gasteiger partial charge < -0.3 is 14.9 Å². The van der Waals surface area contributed by atoms with Crippen molar-refractivity contribution >= 4 is 13.6 Å². The lowest BCUT2D eigenvalue weighted by atomic mass is 10.0. The molecule has 5 nitrogen and oxygen atoms in total. The molecule has 16 heavy (non-hydrogen) atoms. The molecule has 2 atom stereocenters. The smallest absolute Gasteiger partial charge is 0.330 e. The molecule has 0 heterocycles. The van der Waals surface area contributed by atoms with Crippen LogP contribution >= 0.6 is 7.60 Å². The van der Waals surface area contributed by atoms with E-state index in [2.05, 4.69) is 0 Å². The Balaban J connectivity index is 2.50. The van der Waals surface area contributed by atoms with E-state index in [1.54, 1.807) is 24.3 Å². The van der Waals surface area contributed by atoms with Crippen molar-refractivity contribution < 1.29 is 24.3 Å². The van der Waals surface area contributed by atoms with Crippen LogP contribution in [0.5, 0.6) is 0 Å². The minimum absolute atomic E-state index is 0.122. The highest BCUT2D eigenvalue weighted by molar-refractivity contribution is 7.52. The standard InChI is InChI=1S/C10H11O5P/c11-10(12)9-7-4-2-1-3-6(7)5-8(9)16(13,14)15/h1-4,8-9H,5H2,(H,11,12)(H2,13,14,15). The summed E-state index contributed by atoms with van der Waals surface area (Å²) in [4.78, 5) is 29.4. The van der Waals surface area contributed by atoms with Crippen LogP contribution in [0.2, 0.25) is 0 Å². The van der Waals surface area contributed by atoms with Crippen molar-refractivity contribution in [2.24, 2.45) is 0 Å². The maximum Gasteiger partial charge on any atom is 0.330 e. The van der Waals surface area contributed by atoms with Gasteiger partial charge in [-0.25, -0.2) is 0 Å². The number of carboxylic acids is 1. The molecular weight excluding hydrogens is 231 g/mol. The summed E-state index contributed by atoms with van der Waals surface area (Å²) in [6.45, 7) is 0. The summed E-state index contributed by atoms with van der Waals surface area (Å²) < 4.78 is 11.2. The molecule has 2 unspecified atom stereocenters. The topological polar surface area (TPSA) is 94.8 Å². The molecule has 0 bridgehead atoms. The highest BCUT2D eigenvalue weighted by Crippen LogP contribution is 2.53. The fourth-order valence-electron chi connectivity index (χ4n) is 2.18. The zero-order chi connectivity index (χ0) is 11.9. The zero-order valence-corrected chi connectivity index (χ0v) is 9.17. The van der Waals surface area contributed by atoms with Crippen molar-refractivity contribution in [1.82, 2.24) is 0 Å². The second-order valence-electron chi connectivity index (χ2n) is 3.88. The molecule has 6 heteroatoms. The first kappa shape index (κ1) is 11.3. The van der Waals surface area contributed by atoms with E-state index in [1.165, 1.54) is 0 Å². The Morgan fingerprint density at radius 3 is 2.50 bits per heavy atom. The van der Waals surface area contributed by atoms with Crippen LogP contribution in [0, 0.1) is 0 Å². The maximum atomic E-state index is 11.2. The van der Waals surface area contributed by atoms with Crippen molar-refractivity contribution in [1.29, 1.82) is 0 Å². The van der Waals surface area contributed by atoms with Crippen molar-refractivity contribution in [3.8, 4) is 0 Å². The molecule has 0 spiro atoms. The number of hydrogen-bond donors (Lipinski definition) is 3. The Kier molecular flexibility index (Phi) is 2.62. The van der Waals surface area contributed by atoms with Crippen molar-refractivity contribution in [3.05, 3.63) is 35.4 Å². The van der Waals surface area contributed by atoms with E-state index in [-0.39, 0.29) is 6.42 Å². The molecule has 86 valence electrons. The van der Waals surface area contributed by atoms with Crippen molar-refractivity contribution in [3.63, 3.8) is 0 Å². The molecule has 0 radical (unpaired) electrons. The van der Waals surface area contributed by atoms with Crippen LogP contribution < -0.4 is 0 Å². The predicted molar refractivity (Wildman–Crippen MR) is 56.4 cm³/mol. The zero-order valence-electron chi connectivity index (χ0n) is 8.28. The number of carboxylic acid groups (broad SMARTS) is 1. The predicted octanol–water partition coefficient (Wildman–Crippen LogP) is 0.957. The largest absolute Gasteiger partial charge is 0.481 e. The van der Waals surface area contributed by atoms with Gasteiger partial charge in [-0.2, -0.15) is 0 Å². The number of rotatable bonds is 2. The van der Waals surface area contributed by atoms with Gasteiger partial charge in [0.05, 0.1) is 11.6 Å². The van der Waals surface area contributed by atoms with Crippen LogP contribution in [0.4, 0.5) is 0 Å². The molecule has 0 amide bonds. The van der Waals surface area contributed by atoms with E-state index in [1.807, 2.05) is 0 Å². The Morgan fingerprint density at radius 1 is 1.31 bits per heavy atom. The van der Waals surface area contributed by atoms with Crippen molar-refractivity contribution in [2.75, 3.05) is 0 Å². The van der Waals surface area contributed by atoms with E-state index in [9.17, 15) is 9.36 Å².